The highest BCUT2D eigenvalue weighted by Gasteiger charge is 2.12. The molecule has 0 aromatic heterocycles. The summed E-state index contributed by atoms with van der Waals surface area (Å²) < 4.78 is 5.34. The minimum Gasteiger partial charge on any atom is -0.506 e. The SMILES string of the molecule is Cc1cccc(OCC(=O)NC(=S)Nc2cc([N+](=O)[O-])ccc2O)c1. The van der Waals surface area contributed by atoms with Gasteiger partial charge in [-0.3, -0.25) is 20.2 Å². The molecule has 25 heavy (non-hydrogen) atoms. The maximum atomic E-state index is 11.8. The Bertz CT molecular complexity index is 825. The van der Waals surface area contributed by atoms with Gasteiger partial charge in [-0.05, 0) is 42.9 Å². The maximum Gasteiger partial charge on any atom is 0.271 e. The van der Waals surface area contributed by atoms with Gasteiger partial charge in [0.2, 0.25) is 0 Å². The van der Waals surface area contributed by atoms with Gasteiger partial charge in [0, 0.05) is 12.1 Å². The van der Waals surface area contributed by atoms with Crippen molar-refractivity contribution in [3.05, 3.63) is 58.1 Å². The van der Waals surface area contributed by atoms with E-state index in [1.54, 1.807) is 18.2 Å². The van der Waals surface area contributed by atoms with E-state index in [1.165, 1.54) is 0 Å². The molecule has 130 valence electrons. The van der Waals surface area contributed by atoms with Gasteiger partial charge in [0.15, 0.2) is 11.7 Å². The highest BCUT2D eigenvalue weighted by Crippen LogP contribution is 2.27. The van der Waals surface area contributed by atoms with Crippen molar-refractivity contribution < 1.29 is 19.6 Å². The summed E-state index contributed by atoms with van der Waals surface area (Å²) in [7, 11) is 0. The van der Waals surface area contributed by atoms with Gasteiger partial charge < -0.3 is 15.2 Å². The number of anilines is 1. The summed E-state index contributed by atoms with van der Waals surface area (Å²) in [6, 6.07) is 10.6. The summed E-state index contributed by atoms with van der Waals surface area (Å²) in [5.74, 6) is -0.201. The number of benzene rings is 2. The van der Waals surface area contributed by atoms with Crippen LogP contribution in [0.25, 0.3) is 0 Å². The Morgan fingerprint density at radius 1 is 1.32 bits per heavy atom. The third kappa shape index (κ3) is 5.43. The highest BCUT2D eigenvalue weighted by atomic mass is 32.1. The first kappa shape index (κ1) is 18.1. The zero-order valence-corrected chi connectivity index (χ0v) is 14.0. The fourth-order valence-electron chi connectivity index (χ4n) is 1.91. The number of aryl methyl sites for hydroxylation is 1. The lowest BCUT2D eigenvalue weighted by molar-refractivity contribution is -0.384. The Balaban J connectivity index is 1.90. The first-order chi connectivity index (χ1) is 11.8. The molecule has 2 rings (SSSR count). The van der Waals surface area contributed by atoms with Crippen LogP contribution >= 0.6 is 12.2 Å². The van der Waals surface area contributed by atoms with Crippen molar-refractivity contribution in [1.29, 1.82) is 0 Å². The van der Waals surface area contributed by atoms with Gasteiger partial charge in [-0.25, -0.2) is 0 Å². The third-order valence-corrected chi connectivity index (χ3v) is 3.26. The third-order valence-electron chi connectivity index (χ3n) is 3.05. The first-order valence-corrected chi connectivity index (χ1v) is 7.53. The van der Waals surface area contributed by atoms with Crippen molar-refractivity contribution in [3.63, 3.8) is 0 Å². The molecule has 0 unspecified atom stereocenters. The molecule has 0 heterocycles. The number of non-ortho nitro benzene ring substituents is 1. The summed E-state index contributed by atoms with van der Waals surface area (Å²) in [6.45, 7) is 1.64. The molecule has 0 fully saturated rings. The fourth-order valence-corrected chi connectivity index (χ4v) is 2.13. The predicted octanol–water partition coefficient (Wildman–Crippen LogP) is 2.50. The number of carbonyl (C=O) groups is 1. The molecular weight excluding hydrogens is 346 g/mol. The van der Waals surface area contributed by atoms with Crippen LogP contribution < -0.4 is 15.4 Å². The lowest BCUT2D eigenvalue weighted by Gasteiger charge is -2.11. The van der Waals surface area contributed by atoms with Crippen molar-refractivity contribution in [2.45, 2.75) is 6.92 Å². The summed E-state index contributed by atoms with van der Waals surface area (Å²) in [4.78, 5) is 22.0. The fraction of sp³-hybridized carbons (Fsp3) is 0.125. The van der Waals surface area contributed by atoms with Crippen LogP contribution in [0, 0.1) is 17.0 Å². The monoisotopic (exact) mass is 361 g/mol. The van der Waals surface area contributed by atoms with Crippen molar-refractivity contribution in [2.24, 2.45) is 0 Å². The van der Waals surface area contributed by atoms with Crippen LogP contribution in [0.1, 0.15) is 5.56 Å². The van der Waals surface area contributed by atoms with E-state index in [1.807, 2.05) is 13.0 Å². The van der Waals surface area contributed by atoms with Crippen molar-refractivity contribution in [3.8, 4) is 11.5 Å². The maximum absolute atomic E-state index is 11.8. The number of nitrogens with zero attached hydrogens (tertiary/aromatic N) is 1. The number of rotatable bonds is 5. The topological polar surface area (TPSA) is 114 Å². The Hall–Kier alpha value is -3.20. The molecule has 0 saturated carbocycles. The van der Waals surface area contributed by atoms with Gasteiger partial charge in [0.05, 0.1) is 10.6 Å². The molecule has 9 heteroatoms. The summed E-state index contributed by atoms with van der Waals surface area (Å²) in [5, 5.41) is 25.2. The molecular formula is C16H15N3O5S. The number of hydrogen-bond acceptors (Lipinski definition) is 6. The standard InChI is InChI=1S/C16H15N3O5S/c1-10-3-2-4-12(7-10)24-9-15(21)18-16(25)17-13-8-11(19(22)23)5-6-14(13)20/h2-8,20H,9H2,1H3,(H2,17,18,21,25). The molecule has 8 nitrogen and oxygen atoms in total. The molecule has 2 aromatic rings. The van der Waals surface area contributed by atoms with Crippen molar-refractivity contribution >= 4 is 34.6 Å². The summed E-state index contributed by atoms with van der Waals surface area (Å²) >= 11 is 4.95. The molecule has 0 bridgehead atoms. The second kappa shape index (κ2) is 8.06. The average Bonchev–Trinajstić information content (AvgIpc) is 2.55. The van der Waals surface area contributed by atoms with Crippen molar-refractivity contribution in [2.75, 3.05) is 11.9 Å². The van der Waals surface area contributed by atoms with Gasteiger partial charge in [-0.2, -0.15) is 0 Å². The van der Waals surface area contributed by atoms with Gasteiger partial charge in [-0.1, -0.05) is 12.1 Å². The number of ether oxygens (including phenoxy) is 1. The van der Waals surface area contributed by atoms with E-state index in [9.17, 15) is 20.0 Å². The van der Waals surface area contributed by atoms with E-state index >= 15 is 0 Å². The minimum atomic E-state index is -0.609. The number of phenolic OH excluding ortho intramolecular Hbond substituents is 1. The minimum absolute atomic E-state index is 0.0131. The molecule has 2 aromatic carbocycles. The van der Waals surface area contributed by atoms with Gasteiger partial charge in [0.1, 0.15) is 11.5 Å². The zero-order chi connectivity index (χ0) is 18.4. The molecule has 0 saturated heterocycles. The lowest BCUT2D eigenvalue weighted by atomic mass is 10.2. The smallest absolute Gasteiger partial charge is 0.271 e. The van der Waals surface area contributed by atoms with Gasteiger partial charge in [-0.15, -0.1) is 0 Å². The number of nitrogens with one attached hydrogen (secondary N) is 2. The van der Waals surface area contributed by atoms with E-state index in [2.05, 4.69) is 10.6 Å². The molecule has 1 amide bonds. The quantitative estimate of drug-likeness (QED) is 0.324. The lowest BCUT2D eigenvalue weighted by Crippen LogP contribution is -2.37. The highest BCUT2D eigenvalue weighted by molar-refractivity contribution is 7.80. The number of amides is 1. The molecule has 0 aliphatic carbocycles. The van der Waals surface area contributed by atoms with E-state index in [-0.39, 0.29) is 28.8 Å². The number of thiocarbonyl (C=S) groups is 1. The number of phenols is 1. The van der Waals surface area contributed by atoms with E-state index in [0.29, 0.717) is 5.75 Å². The van der Waals surface area contributed by atoms with E-state index < -0.39 is 10.8 Å². The number of aromatic hydroxyl groups is 1. The zero-order valence-electron chi connectivity index (χ0n) is 13.2. The second-order valence-electron chi connectivity index (χ2n) is 5.07. The Kier molecular flexibility index (Phi) is 5.85. The number of nitro groups is 1. The van der Waals surface area contributed by atoms with Crippen LogP contribution in [-0.4, -0.2) is 27.7 Å². The molecule has 0 atom stereocenters. The summed E-state index contributed by atoms with van der Waals surface area (Å²) in [6.07, 6.45) is 0. The van der Waals surface area contributed by atoms with Crippen LogP contribution in [0.5, 0.6) is 11.5 Å². The van der Waals surface area contributed by atoms with Crippen LogP contribution in [0.2, 0.25) is 0 Å². The van der Waals surface area contributed by atoms with Crippen LogP contribution in [0.4, 0.5) is 11.4 Å². The van der Waals surface area contributed by atoms with Crippen LogP contribution in [0.3, 0.4) is 0 Å². The Morgan fingerprint density at radius 3 is 2.76 bits per heavy atom. The second-order valence-corrected chi connectivity index (χ2v) is 5.47. The van der Waals surface area contributed by atoms with Crippen LogP contribution in [-0.2, 0) is 4.79 Å². The first-order valence-electron chi connectivity index (χ1n) is 7.13. The molecule has 0 radical (unpaired) electrons. The van der Waals surface area contributed by atoms with Crippen molar-refractivity contribution in [1.82, 2.24) is 5.32 Å². The largest absolute Gasteiger partial charge is 0.506 e. The number of hydrogen-bond donors (Lipinski definition) is 3. The Labute approximate surface area is 148 Å². The van der Waals surface area contributed by atoms with Crippen LogP contribution in [0.15, 0.2) is 42.5 Å². The van der Waals surface area contributed by atoms with Gasteiger partial charge in [0.25, 0.3) is 11.6 Å². The van der Waals surface area contributed by atoms with Gasteiger partial charge >= 0.3 is 0 Å². The molecule has 0 spiro atoms. The number of carbonyl (C=O) groups excluding carboxylic acids is 1. The average molecular weight is 361 g/mol. The molecule has 3 N–H and O–H groups in total. The Morgan fingerprint density at radius 2 is 2.08 bits per heavy atom. The summed E-state index contributed by atoms with van der Waals surface area (Å²) in [5.41, 5.74) is 0.785. The number of nitro benzene ring substituents is 1. The molecule has 0 aliphatic rings. The van der Waals surface area contributed by atoms with E-state index in [0.717, 1.165) is 23.8 Å². The molecule has 0 aliphatic heterocycles. The predicted molar refractivity (Wildman–Crippen MR) is 95.8 cm³/mol. The van der Waals surface area contributed by atoms with E-state index in [4.69, 9.17) is 17.0 Å². The normalized spacial score (nSPS) is 9.96.